The van der Waals surface area contributed by atoms with E-state index in [1.807, 2.05) is 34.4 Å². The third-order valence-electron chi connectivity index (χ3n) is 6.34. The molecule has 0 saturated heterocycles. The zero-order valence-corrected chi connectivity index (χ0v) is 19.3. The number of furan rings is 1. The van der Waals surface area contributed by atoms with Crippen molar-refractivity contribution >= 4 is 33.2 Å². The van der Waals surface area contributed by atoms with E-state index in [-0.39, 0.29) is 11.9 Å². The van der Waals surface area contributed by atoms with E-state index in [4.69, 9.17) is 4.42 Å². The molecule has 0 N–H and O–H groups in total. The summed E-state index contributed by atoms with van der Waals surface area (Å²) in [6, 6.07) is 17.9. The lowest BCUT2D eigenvalue weighted by atomic mass is 9.95. The fraction of sp³-hybridized carbons (Fsp3) is 0.240. The first-order valence-electron chi connectivity index (χ1n) is 10.6. The molecule has 1 unspecified atom stereocenters. The van der Waals surface area contributed by atoms with Crippen molar-refractivity contribution in [3.8, 4) is 5.00 Å². The number of fused-ring (bicyclic) bond motifs is 5. The summed E-state index contributed by atoms with van der Waals surface area (Å²) in [6.45, 7) is 0.583. The highest BCUT2D eigenvalue weighted by Crippen LogP contribution is 2.44. The molecule has 1 aliphatic carbocycles. The van der Waals surface area contributed by atoms with Crippen molar-refractivity contribution in [1.82, 2.24) is 9.47 Å². The number of nitrogens with zero attached hydrogens (tertiary/aromatic N) is 2. The summed E-state index contributed by atoms with van der Waals surface area (Å²) in [5.74, 6) is 0.273. The van der Waals surface area contributed by atoms with Crippen LogP contribution >= 0.6 is 27.3 Å². The Morgan fingerprint density at radius 3 is 2.65 bits per heavy atom. The monoisotopic (exact) mass is 492 g/mol. The number of hydrogen-bond acceptors (Lipinski definition) is 3. The SMILES string of the molecule is O=C(c1ccc(Br)o1)N1Cc2c(sc3c2CCCC3)-n2cccc2C1c1ccccc1. The molecule has 0 saturated carbocycles. The van der Waals surface area contributed by atoms with Crippen LogP contribution in [0.4, 0.5) is 0 Å². The van der Waals surface area contributed by atoms with Crippen molar-refractivity contribution in [2.75, 3.05) is 0 Å². The van der Waals surface area contributed by atoms with E-state index in [9.17, 15) is 4.79 Å². The van der Waals surface area contributed by atoms with Gasteiger partial charge in [0.05, 0.1) is 18.3 Å². The van der Waals surface area contributed by atoms with Gasteiger partial charge in [0.25, 0.3) is 5.91 Å². The number of aryl methyl sites for hydroxylation is 1. The number of amides is 1. The largest absolute Gasteiger partial charge is 0.444 e. The van der Waals surface area contributed by atoms with Crippen LogP contribution < -0.4 is 0 Å². The van der Waals surface area contributed by atoms with E-state index in [1.54, 1.807) is 12.1 Å². The Balaban J connectivity index is 1.57. The van der Waals surface area contributed by atoms with Gasteiger partial charge in [0.1, 0.15) is 5.00 Å². The Morgan fingerprint density at radius 2 is 1.84 bits per heavy atom. The van der Waals surface area contributed by atoms with Crippen molar-refractivity contribution in [2.45, 2.75) is 38.3 Å². The number of benzene rings is 1. The van der Waals surface area contributed by atoms with Crippen LogP contribution in [0, 0.1) is 0 Å². The summed E-state index contributed by atoms with van der Waals surface area (Å²) in [6.07, 6.45) is 6.85. The smallest absolute Gasteiger partial charge is 0.290 e. The highest BCUT2D eigenvalue weighted by atomic mass is 79.9. The van der Waals surface area contributed by atoms with Gasteiger partial charge in [-0.05, 0) is 77.0 Å². The normalized spacial score (nSPS) is 17.6. The van der Waals surface area contributed by atoms with Crippen LogP contribution in [0.25, 0.3) is 5.00 Å². The van der Waals surface area contributed by atoms with Crippen LogP contribution in [0.1, 0.15) is 56.7 Å². The zero-order chi connectivity index (χ0) is 20.9. The Morgan fingerprint density at radius 1 is 1.00 bits per heavy atom. The summed E-state index contributed by atoms with van der Waals surface area (Å²) in [7, 11) is 0. The molecule has 1 atom stereocenters. The molecule has 1 aromatic carbocycles. The number of rotatable bonds is 2. The molecule has 1 amide bonds. The van der Waals surface area contributed by atoms with Crippen LogP contribution in [0.5, 0.6) is 0 Å². The number of carbonyl (C=O) groups is 1. The lowest BCUT2D eigenvalue weighted by molar-refractivity contribution is 0.0656. The van der Waals surface area contributed by atoms with Gasteiger partial charge in [-0.1, -0.05) is 30.3 Å². The van der Waals surface area contributed by atoms with Crippen LogP contribution in [-0.2, 0) is 19.4 Å². The van der Waals surface area contributed by atoms with Crippen LogP contribution in [0.2, 0.25) is 0 Å². The molecule has 4 nitrogen and oxygen atoms in total. The molecular weight excluding hydrogens is 472 g/mol. The summed E-state index contributed by atoms with van der Waals surface area (Å²) in [5, 5.41) is 1.27. The van der Waals surface area contributed by atoms with Gasteiger partial charge in [-0.25, -0.2) is 0 Å². The van der Waals surface area contributed by atoms with Crippen molar-refractivity contribution in [3.05, 3.63) is 98.5 Å². The molecule has 1 aliphatic heterocycles. The molecule has 0 spiro atoms. The number of carbonyl (C=O) groups excluding carboxylic acids is 1. The van der Waals surface area contributed by atoms with Gasteiger partial charge < -0.3 is 13.9 Å². The molecule has 4 heterocycles. The summed E-state index contributed by atoms with van der Waals surface area (Å²) >= 11 is 5.25. The third-order valence-corrected chi connectivity index (χ3v) is 8.10. The average Bonchev–Trinajstić information content (AvgIpc) is 3.51. The number of aromatic nitrogens is 1. The van der Waals surface area contributed by atoms with Crippen molar-refractivity contribution in [2.24, 2.45) is 0 Å². The second kappa shape index (κ2) is 7.53. The van der Waals surface area contributed by atoms with Gasteiger partial charge in [-0.2, -0.15) is 0 Å². The predicted molar refractivity (Wildman–Crippen MR) is 125 cm³/mol. The molecule has 4 aromatic rings. The van der Waals surface area contributed by atoms with Gasteiger partial charge in [0, 0.05) is 16.6 Å². The first-order chi connectivity index (χ1) is 15.2. The lowest BCUT2D eigenvalue weighted by Crippen LogP contribution is -2.34. The first-order valence-corrected chi connectivity index (χ1v) is 12.2. The van der Waals surface area contributed by atoms with Gasteiger partial charge in [-0.3, -0.25) is 4.79 Å². The van der Waals surface area contributed by atoms with Crippen molar-refractivity contribution in [1.29, 1.82) is 0 Å². The molecule has 3 aromatic heterocycles. The Kier molecular flexibility index (Phi) is 4.65. The Labute approximate surface area is 193 Å². The molecule has 0 bridgehead atoms. The van der Waals surface area contributed by atoms with E-state index in [0.717, 1.165) is 24.1 Å². The van der Waals surface area contributed by atoms with E-state index in [0.29, 0.717) is 17.0 Å². The topological polar surface area (TPSA) is 38.4 Å². The van der Waals surface area contributed by atoms with Crippen LogP contribution in [0.15, 0.2) is 69.9 Å². The van der Waals surface area contributed by atoms with Crippen LogP contribution in [-0.4, -0.2) is 15.4 Å². The van der Waals surface area contributed by atoms with E-state index in [2.05, 4.69) is 51.0 Å². The van der Waals surface area contributed by atoms with Crippen molar-refractivity contribution < 1.29 is 9.21 Å². The highest BCUT2D eigenvalue weighted by molar-refractivity contribution is 9.10. The maximum Gasteiger partial charge on any atom is 0.290 e. The first kappa shape index (κ1) is 19.1. The van der Waals surface area contributed by atoms with Crippen LogP contribution in [0.3, 0.4) is 0 Å². The van der Waals surface area contributed by atoms with E-state index < -0.39 is 0 Å². The standard InChI is InChI=1S/C25H21BrN2O2S/c26-22-13-12-20(30-22)24(29)28-15-18-17-9-4-5-11-21(17)31-25(18)27-14-6-10-19(27)23(28)16-7-2-1-3-8-16/h1-3,6-8,10,12-14,23H,4-5,9,11,15H2. The highest BCUT2D eigenvalue weighted by Gasteiger charge is 2.37. The van der Waals surface area contributed by atoms with Gasteiger partial charge in [0.15, 0.2) is 10.4 Å². The summed E-state index contributed by atoms with van der Waals surface area (Å²) in [4.78, 5) is 17.3. The van der Waals surface area contributed by atoms with Gasteiger partial charge in [-0.15, -0.1) is 11.3 Å². The zero-order valence-electron chi connectivity index (χ0n) is 16.9. The lowest BCUT2D eigenvalue weighted by Gasteiger charge is -2.30. The maximum absolute atomic E-state index is 13.8. The molecular formula is C25H21BrN2O2S. The summed E-state index contributed by atoms with van der Waals surface area (Å²) in [5.41, 5.74) is 4.97. The third kappa shape index (κ3) is 3.12. The molecule has 0 fully saturated rings. The fourth-order valence-electron chi connectivity index (χ4n) is 4.94. The number of thiophene rings is 1. The van der Waals surface area contributed by atoms with Crippen molar-refractivity contribution in [3.63, 3.8) is 0 Å². The molecule has 31 heavy (non-hydrogen) atoms. The van der Waals surface area contributed by atoms with Gasteiger partial charge in [0.2, 0.25) is 0 Å². The molecule has 0 radical (unpaired) electrons. The van der Waals surface area contributed by atoms with E-state index >= 15 is 0 Å². The molecule has 156 valence electrons. The van der Waals surface area contributed by atoms with Gasteiger partial charge >= 0.3 is 0 Å². The minimum Gasteiger partial charge on any atom is -0.444 e. The molecule has 6 rings (SSSR count). The fourth-order valence-corrected chi connectivity index (χ4v) is 6.65. The predicted octanol–water partition coefficient (Wildman–Crippen LogP) is 6.52. The second-order valence-electron chi connectivity index (χ2n) is 8.15. The average molecular weight is 493 g/mol. The second-order valence-corrected chi connectivity index (χ2v) is 10.0. The number of hydrogen-bond donors (Lipinski definition) is 0. The minimum absolute atomic E-state index is 0.0871. The molecule has 6 heteroatoms. The quantitative estimate of drug-likeness (QED) is 0.319. The number of halogens is 1. The summed E-state index contributed by atoms with van der Waals surface area (Å²) < 4.78 is 8.57. The Bertz CT molecular complexity index is 1270. The maximum atomic E-state index is 13.8. The van der Waals surface area contributed by atoms with E-state index in [1.165, 1.54) is 33.8 Å². The Hall–Kier alpha value is -2.57. The minimum atomic E-state index is -0.189. The molecule has 2 aliphatic rings.